The van der Waals surface area contributed by atoms with Crippen LogP contribution < -0.4 is 11.6 Å². The van der Waals surface area contributed by atoms with Crippen molar-refractivity contribution in [2.45, 2.75) is 12.5 Å². The Kier molecular flexibility index (Phi) is 3.05. The van der Waals surface area contributed by atoms with Crippen LogP contribution >= 0.6 is 0 Å². The second kappa shape index (κ2) is 4.06. The summed E-state index contributed by atoms with van der Waals surface area (Å²) < 4.78 is 0. The number of aromatic amines is 1. The second-order valence-electron chi connectivity index (χ2n) is 2.98. The lowest BCUT2D eigenvalue weighted by atomic mass is 10.1. The van der Waals surface area contributed by atoms with E-state index in [2.05, 4.69) is 4.98 Å². The third-order valence-corrected chi connectivity index (χ3v) is 1.78. The Morgan fingerprint density at radius 1 is 1.77 bits per heavy atom. The van der Waals surface area contributed by atoms with Gasteiger partial charge in [0.1, 0.15) is 0 Å². The van der Waals surface area contributed by atoms with Crippen molar-refractivity contribution < 1.29 is 4.79 Å². The van der Waals surface area contributed by atoms with E-state index in [1.54, 1.807) is 6.20 Å². The van der Waals surface area contributed by atoms with E-state index < -0.39 is 6.04 Å². The molecule has 0 saturated carbocycles. The normalized spacial score (nSPS) is 12.5. The average molecular weight is 182 g/mol. The molecule has 72 valence electrons. The van der Waals surface area contributed by atoms with Crippen molar-refractivity contribution in [3.05, 3.63) is 24.0 Å². The molecule has 1 rings (SSSR count). The van der Waals surface area contributed by atoms with Gasteiger partial charge in [-0.05, 0) is 18.1 Å². The van der Waals surface area contributed by atoms with Crippen LogP contribution in [0.1, 0.15) is 5.56 Å². The molecule has 1 atom stereocenters. The lowest BCUT2D eigenvalue weighted by Crippen LogP contribution is -2.46. The first-order chi connectivity index (χ1) is 6.11. The molecule has 1 aromatic rings. The zero-order valence-electron chi connectivity index (χ0n) is 7.53. The van der Waals surface area contributed by atoms with Gasteiger partial charge in [-0.15, -0.1) is 0 Å². The Morgan fingerprint density at radius 2 is 2.46 bits per heavy atom. The molecule has 0 aliphatic heterocycles. The third kappa shape index (κ3) is 2.57. The number of carbonyl (C=O) groups is 1. The quantitative estimate of drug-likeness (QED) is 0.325. The third-order valence-electron chi connectivity index (χ3n) is 1.78. The number of carbonyl (C=O) groups excluding carboxylic acids is 1. The summed E-state index contributed by atoms with van der Waals surface area (Å²) in [7, 11) is 1.49. The number of H-pyrrole nitrogens is 1. The fourth-order valence-corrected chi connectivity index (χ4v) is 1.09. The van der Waals surface area contributed by atoms with E-state index in [9.17, 15) is 4.79 Å². The van der Waals surface area contributed by atoms with Gasteiger partial charge in [-0.25, -0.2) is 5.84 Å². The molecule has 0 bridgehead atoms. The molecule has 0 spiro atoms. The number of nitrogens with zero attached hydrogens (tertiary/aromatic N) is 1. The van der Waals surface area contributed by atoms with E-state index in [4.69, 9.17) is 11.6 Å². The minimum absolute atomic E-state index is 0.263. The van der Waals surface area contributed by atoms with E-state index in [0.29, 0.717) is 6.42 Å². The van der Waals surface area contributed by atoms with Crippen molar-refractivity contribution >= 4 is 5.91 Å². The zero-order valence-corrected chi connectivity index (χ0v) is 7.53. The summed E-state index contributed by atoms with van der Waals surface area (Å²) in [5.41, 5.74) is 6.63. The topological polar surface area (TPSA) is 88.1 Å². The molecule has 1 unspecified atom stereocenters. The monoisotopic (exact) mass is 182 g/mol. The minimum Gasteiger partial charge on any atom is -0.367 e. The molecular formula is C8H14N4O. The highest BCUT2D eigenvalue weighted by molar-refractivity contribution is 5.81. The summed E-state index contributed by atoms with van der Waals surface area (Å²) in [6.07, 6.45) is 4.10. The number of hydrazine groups is 1. The van der Waals surface area contributed by atoms with Crippen molar-refractivity contribution in [1.82, 2.24) is 9.99 Å². The Bertz CT molecular complexity index is 268. The van der Waals surface area contributed by atoms with Gasteiger partial charge < -0.3 is 10.7 Å². The maximum absolute atomic E-state index is 11.2. The van der Waals surface area contributed by atoms with Crippen molar-refractivity contribution in [2.75, 3.05) is 7.05 Å². The molecule has 0 aromatic carbocycles. The van der Waals surface area contributed by atoms with Crippen molar-refractivity contribution in [1.29, 1.82) is 0 Å². The molecule has 1 heterocycles. The first-order valence-electron chi connectivity index (χ1n) is 4.00. The summed E-state index contributed by atoms with van der Waals surface area (Å²) in [4.78, 5) is 14.1. The highest BCUT2D eigenvalue weighted by Crippen LogP contribution is 2.01. The predicted molar refractivity (Wildman–Crippen MR) is 49.4 cm³/mol. The Balaban J connectivity index is 2.51. The highest BCUT2D eigenvalue weighted by Gasteiger charge is 2.16. The van der Waals surface area contributed by atoms with Gasteiger partial charge in [-0.2, -0.15) is 0 Å². The molecule has 13 heavy (non-hydrogen) atoms. The number of nitrogens with one attached hydrogen (secondary N) is 1. The lowest BCUT2D eigenvalue weighted by Gasteiger charge is -2.15. The SMILES string of the molecule is CN(N)C(=O)C(N)Cc1cc[nH]c1. The largest absolute Gasteiger partial charge is 0.367 e. The van der Waals surface area contributed by atoms with Crippen LogP contribution in [0.3, 0.4) is 0 Å². The highest BCUT2D eigenvalue weighted by atomic mass is 16.2. The van der Waals surface area contributed by atoms with Crippen LogP contribution in [0.4, 0.5) is 0 Å². The van der Waals surface area contributed by atoms with Crippen LogP contribution in [0.15, 0.2) is 18.5 Å². The number of aromatic nitrogens is 1. The maximum Gasteiger partial charge on any atom is 0.253 e. The van der Waals surface area contributed by atoms with Gasteiger partial charge >= 0.3 is 0 Å². The van der Waals surface area contributed by atoms with E-state index in [-0.39, 0.29) is 5.91 Å². The summed E-state index contributed by atoms with van der Waals surface area (Å²) in [5.74, 6) is 5.00. The number of rotatable bonds is 3. The van der Waals surface area contributed by atoms with E-state index in [1.165, 1.54) is 7.05 Å². The Labute approximate surface area is 76.7 Å². The number of hydrogen-bond acceptors (Lipinski definition) is 3. The first kappa shape index (κ1) is 9.76. The summed E-state index contributed by atoms with van der Waals surface area (Å²) in [5, 5.41) is 1.01. The van der Waals surface area contributed by atoms with Gasteiger partial charge in [0.05, 0.1) is 6.04 Å². The molecule has 1 amide bonds. The van der Waals surface area contributed by atoms with Gasteiger partial charge in [0.25, 0.3) is 5.91 Å². The van der Waals surface area contributed by atoms with Gasteiger partial charge in [0.15, 0.2) is 0 Å². The van der Waals surface area contributed by atoms with Gasteiger partial charge in [0, 0.05) is 19.4 Å². The molecule has 5 nitrogen and oxygen atoms in total. The number of amides is 1. The molecule has 0 aliphatic rings. The Hall–Kier alpha value is -1.33. The summed E-state index contributed by atoms with van der Waals surface area (Å²) in [6, 6.07) is 1.31. The summed E-state index contributed by atoms with van der Waals surface area (Å²) >= 11 is 0. The summed E-state index contributed by atoms with van der Waals surface area (Å²) in [6.45, 7) is 0. The molecule has 5 N–H and O–H groups in total. The molecule has 0 saturated heterocycles. The average Bonchev–Trinajstić information content (AvgIpc) is 2.55. The van der Waals surface area contributed by atoms with E-state index in [1.807, 2.05) is 12.3 Å². The van der Waals surface area contributed by atoms with Crippen molar-refractivity contribution in [3.63, 3.8) is 0 Å². The molecular weight excluding hydrogens is 168 g/mol. The molecule has 0 aliphatic carbocycles. The van der Waals surface area contributed by atoms with Crippen LogP contribution in [-0.2, 0) is 11.2 Å². The van der Waals surface area contributed by atoms with E-state index in [0.717, 1.165) is 10.6 Å². The van der Waals surface area contributed by atoms with Gasteiger partial charge in [-0.1, -0.05) is 0 Å². The molecule has 0 radical (unpaired) electrons. The molecule has 5 heteroatoms. The number of nitrogens with two attached hydrogens (primary N) is 2. The molecule has 1 aromatic heterocycles. The standard InChI is InChI=1S/C8H14N4O/c1-12(10)8(13)7(9)4-6-2-3-11-5-6/h2-3,5,7,11H,4,9-10H2,1H3. The minimum atomic E-state index is -0.564. The van der Waals surface area contributed by atoms with Crippen molar-refractivity contribution in [2.24, 2.45) is 11.6 Å². The molecule has 0 fully saturated rings. The van der Waals surface area contributed by atoms with Crippen molar-refractivity contribution in [3.8, 4) is 0 Å². The van der Waals surface area contributed by atoms with Gasteiger partial charge in [0.2, 0.25) is 0 Å². The number of hydrogen-bond donors (Lipinski definition) is 3. The Morgan fingerprint density at radius 3 is 2.92 bits per heavy atom. The number of likely N-dealkylation sites (N-methyl/N-ethyl adjacent to an activating group) is 1. The van der Waals surface area contributed by atoms with Crippen LogP contribution in [-0.4, -0.2) is 29.0 Å². The lowest BCUT2D eigenvalue weighted by molar-refractivity contribution is -0.131. The predicted octanol–water partition coefficient (Wildman–Crippen LogP) is -0.783. The van der Waals surface area contributed by atoms with Crippen LogP contribution in [0, 0.1) is 0 Å². The van der Waals surface area contributed by atoms with Crippen LogP contribution in [0.25, 0.3) is 0 Å². The zero-order chi connectivity index (χ0) is 9.84. The first-order valence-corrected chi connectivity index (χ1v) is 4.00. The van der Waals surface area contributed by atoms with Crippen LogP contribution in [0.5, 0.6) is 0 Å². The van der Waals surface area contributed by atoms with E-state index >= 15 is 0 Å². The smallest absolute Gasteiger partial charge is 0.253 e. The fraction of sp³-hybridized carbons (Fsp3) is 0.375. The maximum atomic E-state index is 11.2. The van der Waals surface area contributed by atoms with Crippen LogP contribution in [0.2, 0.25) is 0 Å². The fourth-order valence-electron chi connectivity index (χ4n) is 1.09. The van der Waals surface area contributed by atoms with Gasteiger partial charge in [-0.3, -0.25) is 9.80 Å². The second-order valence-corrected chi connectivity index (χ2v) is 2.98.